The van der Waals surface area contributed by atoms with Crippen molar-refractivity contribution < 1.29 is 49.3 Å². The molecule has 8 unspecified atom stereocenters. The predicted molar refractivity (Wildman–Crippen MR) is 361 cm³/mol. The first-order valence-corrected chi connectivity index (χ1v) is 35.2. The number of unbranched alkanes of at least 4 members (excludes halogenated alkanes) is 29. The number of nitrogens with one attached hydrogen (secondary N) is 1. The van der Waals surface area contributed by atoms with Gasteiger partial charge in [0.25, 0.3) is 0 Å². The predicted octanol–water partition coefficient (Wildman–Crippen LogP) is 18.0. The SMILES string of the molecule is CC/C=C\C/C=C\C/C=C\C/C=C\C/C=C\CCCCCCCCCCCCC(O)C(=O)NC(COC1OC(CO)C(O)C(O)C1OC(=O)CCCCCCCC/C=C\C/C=C\C/C=C\CCCCC)C(O)/C=C/CCCCCCCCCCCC. The number of hydrogen-bond acceptors (Lipinski definition) is 10. The zero-order valence-electron chi connectivity index (χ0n) is 54.9. The minimum absolute atomic E-state index is 0.105. The molecule has 86 heavy (non-hydrogen) atoms. The molecule has 0 spiro atoms. The van der Waals surface area contributed by atoms with Gasteiger partial charge in [-0.1, -0.05) is 284 Å². The molecule has 1 aliphatic rings. The Hall–Kier alpha value is -3.68. The Morgan fingerprint density at radius 2 is 0.837 bits per heavy atom. The van der Waals surface area contributed by atoms with Crippen LogP contribution in [-0.2, 0) is 23.8 Å². The molecule has 6 N–H and O–H groups in total. The van der Waals surface area contributed by atoms with Crippen LogP contribution >= 0.6 is 0 Å². The van der Waals surface area contributed by atoms with Crippen LogP contribution in [-0.4, -0.2) is 99.6 Å². The highest BCUT2D eigenvalue weighted by molar-refractivity contribution is 5.80. The zero-order valence-corrected chi connectivity index (χ0v) is 54.9. The van der Waals surface area contributed by atoms with E-state index in [-0.39, 0.29) is 19.4 Å². The summed E-state index contributed by atoms with van der Waals surface area (Å²) >= 11 is 0. The number of ether oxygens (including phenoxy) is 3. The van der Waals surface area contributed by atoms with Gasteiger partial charge in [0.05, 0.1) is 25.4 Å². The molecule has 11 nitrogen and oxygen atoms in total. The van der Waals surface area contributed by atoms with Crippen LogP contribution in [0.25, 0.3) is 0 Å². The van der Waals surface area contributed by atoms with E-state index in [1.807, 2.05) is 6.08 Å². The molecule has 0 radical (unpaired) electrons. The van der Waals surface area contributed by atoms with Crippen LogP contribution < -0.4 is 5.32 Å². The third-order valence-electron chi connectivity index (χ3n) is 15.9. The van der Waals surface area contributed by atoms with Crippen molar-refractivity contribution in [3.8, 4) is 0 Å². The highest BCUT2D eigenvalue weighted by atomic mass is 16.7. The summed E-state index contributed by atoms with van der Waals surface area (Å²) in [6, 6.07) is -1.04. The van der Waals surface area contributed by atoms with E-state index >= 15 is 0 Å². The third-order valence-corrected chi connectivity index (χ3v) is 15.9. The van der Waals surface area contributed by atoms with E-state index < -0.39 is 67.4 Å². The van der Waals surface area contributed by atoms with Crippen molar-refractivity contribution in [2.75, 3.05) is 13.2 Å². The Balaban J connectivity index is 2.59. The first kappa shape index (κ1) is 80.3. The van der Waals surface area contributed by atoms with Crippen molar-refractivity contribution in [1.82, 2.24) is 5.32 Å². The average Bonchev–Trinajstić information content (AvgIpc) is 3.68. The number of allylic oxidation sites excluding steroid dienone is 17. The lowest BCUT2D eigenvalue weighted by atomic mass is 9.99. The fourth-order valence-corrected chi connectivity index (χ4v) is 10.4. The minimum Gasteiger partial charge on any atom is -0.454 e. The number of rotatable bonds is 59. The molecular weight excluding hydrogens is 1070 g/mol. The maximum atomic E-state index is 13.5. The molecule has 1 heterocycles. The number of carbonyl (C=O) groups excluding carboxylic acids is 2. The van der Waals surface area contributed by atoms with E-state index in [0.29, 0.717) is 12.8 Å². The fourth-order valence-electron chi connectivity index (χ4n) is 10.4. The minimum atomic E-state index is -1.63. The van der Waals surface area contributed by atoms with Crippen LogP contribution in [0.5, 0.6) is 0 Å². The van der Waals surface area contributed by atoms with Gasteiger partial charge in [-0.3, -0.25) is 9.59 Å². The number of aliphatic hydroxyl groups excluding tert-OH is 5. The van der Waals surface area contributed by atoms with Gasteiger partial charge >= 0.3 is 5.97 Å². The number of hydrogen-bond donors (Lipinski definition) is 6. The van der Waals surface area contributed by atoms with Gasteiger partial charge in [0.2, 0.25) is 5.91 Å². The number of aliphatic hydroxyl groups is 5. The summed E-state index contributed by atoms with van der Waals surface area (Å²) in [4.78, 5) is 26.7. The van der Waals surface area contributed by atoms with Gasteiger partial charge in [-0.2, -0.15) is 0 Å². The molecule has 1 amide bonds. The van der Waals surface area contributed by atoms with Crippen molar-refractivity contribution in [2.45, 2.75) is 339 Å². The fraction of sp³-hybridized carbons (Fsp3) is 0.733. The molecule has 0 aromatic rings. The summed E-state index contributed by atoms with van der Waals surface area (Å²) in [6.45, 7) is 5.65. The molecule has 0 aromatic heterocycles. The summed E-state index contributed by atoms with van der Waals surface area (Å²) < 4.78 is 17.7. The van der Waals surface area contributed by atoms with Crippen molar-refractivity contribution in [1.29, 1.82) is 0 Å². The largest absolute Gasteiger partial charge is 0.454 e. The number of amides is 1. The molecule has 11 heteroatoms. The summed E-state index contributed by atoms with van der Waals surface area (Å²) in [7, 11) is 0. The lowest BCUT2D eigenvalue weighted by Crippen LogP contribution is -2.61. The summed E-state index contributed by atoms with van der Waals surface area (Å²) in [5, 5.41) is 57.2. The Labute approximate surface area is 526 Å². The quantitative estimate of drug-likeness (QED) is 0.0195. The third kappa shape index (κ3) is 48.3. The van der Waals surface area contributed by atoms with E-state index in [2.05, 4.69) is 123 Å². The summed E-state index contributed by atoms with van der Waals surface area (Å²) in [6.07, 6.45) is 74.0. The summed E-state index contributed by atoms with van der Waals surface area (Å²) in [5.41, 5.74) is 0. The van der Waals surface area contributed by atoms with Crippen LogP contribution in [0, 0.1) is 0 Å². The van der Waals surface area contributed by atoms with E-state index in [4.69, 9.17) is 14.2 Å². The van der Waals surface area contributed by atoms with Gasteiger partial charge in [-0.25, -0.2) is 0 Å². The Morgan fingerprint density at radius 1 is 0.465 bits per heavy atom. The lowest BCUT2D eigenvalue weighted by molar-refractivity contribution is -0.305. The molecule has 0 aliphatic carbocycles. The molecule has 1 aliphatic heterocycles. The van der Waals surface area contributed by atoms with Gasteiger partial charge in [0.1, 0.15) is 24.4 Å². The Morgan fingerprint density at radius 3 is 1.28 bits per heavy atom. The summed E-state index contributed by atoms with van der Waals surface area (Å²) in [5.74, 6) is -1.21. The maximum absolute atomic E-state index is 13.5. The first-order chi connectivity index (χ1) is 42.2. The average molecular weight is 1200 g/mol. The van der Waals surface area contributed by atoms with Gasteiger partial charge in [0.15, 0.2) is 12.4 Å². The second-order valence-corrected chi connectivity index (χ2v) is 23.9. The van der Waals surface area contributed by atoms with Crippen LogP contribution in [0.1, 0.15) is 290 Å². The molecule has 0 aromatic carbocycles. The van der Waals surface area contributed by atoms with Gasteiger partial charge in [-0.05, 0) is 109 Å². The van der Waals surface area contributed by atoms with Crippen molar-refractivity contribution in [3.05, 3.63) is 109 Å². The first-order valence-electron chi connectivity index (χ1n) is 35.2. The number of carbonyl (C=O) groups is 2. The molecule has 0 saturated carbocycles. The zero-order chi connectivity index (χ0) is 62.4. The standard InChI is InChI=1S/C75H129NO10/c1-4-7-10-13-16-19-22-25-27-29-31-32-33-34-35-36-37-39-40-42-44-47-50-53-56-59-62-68(79)74(83)76-66(67(78)61-58-55-52-49-46-24-21-18-15-12-9-6-3)65-84-75-73(72(82)71(81)69(64-77)85-75)86-70(80)63-60-57-54-51-48-45-43-41-38-30-28-26-23-20-17-14-11-8-5-2/h7,10,16-17,19-20,25-28,31-32,34-35,38,41,58,61,66-69,71-73,75,77-79,81-82H,4-6,8-9,11-15,18,21-24,29-30,33,36-37,39-40,42-57,59-60,62-65H2,1-3H3,(H,76,83)/b10-7-,19-16-,20-17-,27-25-,28-26-,32-31-,35-34-,41-38-,61-58+. The van der Waals surface area contributed by atoms with E-state index in [0.717, 1.165) is 128 Å². The van der Waals surface area contributed by atoms with E-state index in [1.54, 1.807) is 6.08 Å². The highest BCUT2D eigenvalue weighted by Gasteiger charge is 2.47. The van der Waals surface area contributed by atoms with Crippen molar-refractivity contribution in [3.63, 3.8) is 0 Å². The molecule has 8 atom stereocenters. The molecule has 1 fully saturated rings. The lowest BCUT2D eigenvalue weighted by Gasteiger charge is -2.41. The topological polar surface area (TPSA) is 175 Å². The van der Waals surface area contributed by atoms with E-state index in [9.17, 15) is 35.1 Å². The second-order valence-electron chi connectivity index (χ2n) is 23.9. The van der Waals surface area contributed by atoms with Crippen LogP contribution in [0.15, 0.2) is 109 Å². The Kier molecular flexibility index (Phi) is 57.5. The van der Waals surface area contributed by atoms with Crippen LogP contribution in [0.3, 0.4) is 0 Å². The molecular formula is C75H129NO10. The second kappa shape index (κ2) is 61.6. The smallest absolute Gasteiger partial charge is 0.306 e. The van der Waals surface area contributed by atoms with Gasteiger partial charge in [0, 0.05) is 6.42 Å². The molecule has 1 saturated heterocycles. The van der Waals surface area contributed by atoms with Gasteiger partial charge < -0.3 is 45.1 Å². The van der Waals surface area contributed by atoms with E-state index in [1.165, 1.54) is 116 Å². The molecule has 494 valence electrons. The maximum Gasteiger partial charge on any atom is 0.306 e. The van der Waals surface area contributed by atoms with Crippen LogP contribution in [0.4, 0.5) is 0 Å². The van der Waals surface area contributed by atoms with Gasteiger partial charge in [-0.15, -0.1) is 0 Å². The van der Waals surface area contributed by atoms with Crippen molar-refractivity contribution >= 4 is 11.9 Å². The molecule has 0 bridgehead atoms. The highest BCUT2D eigenvalue weighted by Crippen LogP contribution is 2.26. The van der Waals surface area contributed by atoms with Crippen LogP contribution in [0.2, 0.25) is 0 Å². The normalized spacial score (nSPS) is 19.0. The monoisotopic (exact) mass is 1200 g/mol. The Bertz CT molecular complexity index is 1820. The number of esters is 1. The molecule has 1 rings (SSSR count). The van der Waals surface area contributed by atoms with Crippen molar-refractivity contribution in [2.24, 2.45) is 0 Å².